The number of rotatable bonds is 6. The van der Waals surface area contributed by atoms with Gasteiger partial charge in [-0.15, -0.1) is 18.2 Å². The van der Waals surface area contributed by atoms with E-state index in [0.717, 1.165) is 22.7 Å². The van der Waals surface area contributed by atoms with Crippen LogP contribution in [-0.2, 0) is 4.79 Å². The number of hydrogen-bond donors (Lipinski definition) is 1. The Hall–Kier alpha value is -2.77. The van der Waals surface area contributed by atoms with Crippen molar-refractivity contribution in [2.75, 3.05) is 12.9 Å². The lowest BCUT2D eigenvalue weighted by Crippen LogP contribution is -2.50. The SMILES string of the molecule is C#Cc1cnc2ccc(OC(SC)C(=O)NC(C)(C#N)CF)cc2c1. The Kier molecular flexibility index (Phi) is 5.84. The lowest BCUT2D eigenvalue weighted by atomic mass is 10.1. The molecule has 0 spiro atoms. The van der Waals surface area contributed by atoms with Gasteiger partial charge in [-0.25, -0.2) is 4.39 Å². The van der Waals surface area contributed by atoms with Crippen molar-refractivity contribution in [2.45, 2.75) is 17.9 Å². The zero-order chi connectivity index (χ0) is 18.4. The molecule has 1 N–H and O–H groups in total. The molecule has 128 valence electrons. The normalized spacial score (nSPS) is 14.0. The second-order valence-electron chi connectivity index (χ2n) is 5.48. The molecule has 1 heterocycles. The fourth-order valence-corrected chi connectivity index (χ4v) is 2.50. The van der Waals surface area contributed by atoms with Crippen molar-refractivity contribution in [3.63, 3.8) is 0 Å². The Morgan fingerprint density at radius 1 is 1.56 bits per heavy atom. The number of nitriles is 1. The molecule has 0 radical (unpaired) electrons. The molecule has 2 rings (SSSR count). The van der Waals surface area contributed by atoms with Crippen molar-refractivity contribution < 1.29 is 13.9 Å². The Morgan fingerprint density at radius 2 is 2.32 bits per heavy atom. The van der Waals surface area contributed by atoms with E-state index in [2.05, 4.69) is 16.2 Å². The Labute approximate surface area is 149 Å². The van der Waals surface area contributed by atoms with Gasteiger partial charge in [-0.05, 0) is 37.4 Å². The van der Waals surface area contributed by atoms with E-state index in [-0.39, 0.29) is 0 Å². The molecule has 7 heteroatoms. The summed E-state index contributed by atoms with van der Waals surface area (Å²) in [5, 5.41) is 12.1. The molecule has 2 aromatic rings. The summed E-state index contributed by atoms with van der Waals surface area (Å²) >= 11 is 1.13. The first-order valence-corrected chi connectivity index (χ1v) is 8.58. The predicted molar refractivity (Wildman–Crippen MR) is 95.7 cm³/mol. The number of nitrogens with zero attached hydrogens (tertiary/aromatic N) is 2. The lowest BCUT2D eigenvalue weighted by molar-refractivity contribution is -0.125. The van der Waals surface area contributed by atoms with Crippen LogP contribution in [0.3, 0.4) is 0 Å². The first-order chi connectivity index (χ1) is 11.9. The fraction of sp³-hybridized carbons (Fsp3) is 0.278. The minimum atomic E-state index is -1.58. The van der Waals surface area contributed by atoms with E-state index in [0.29, 0.717) is 11.3 Å². The van der Waals surface area contributed by atoms with Gasteiger partial charge >= 0.3 is 0 Å². The monoisotopic (exact) mass is 357 g/mol. The highest BCUT2D eigenvalue weighted by atomic mass is 32.2. The van der Waals surface area contributed by atoms with Crippen LogP contribution < -0.4 is 10.1 Å². The number of hydrogen-bond acceptors (Lipinski definition) is 5. The van der Waals surface area contributed by atoms with Gasteiger partial charge in [-0.3, -0.25) is 9.78 Å². The fourth-order valence-electron chi connectivity index (χ4n) is 2.02. The minimum absolute atomic E-state index is 0.442. The molecule has 25 heavy (non-hydrogen) atoms. The predicted octanol–water partition coefficient (Wildman–Crippen LogP) is 2.65. The summed E-state index contributed by atoms with van der Waals surface area (Å²) in [5.74, 6) is 2.37. The lowest BCUT2D eigenvalue weighted by Gasteiger charge is -2.23. The van der Waals surface area contributed by atoms with Crippen LogP contribution >= 0.6 is 11.8 Å². The number of pyridine rings is 1. The topological polar surface area (TPSA) is 75.0 Å². The molecule has 1 aromatic carbocycles. The van der Waals surface area contributed by atoms with E-state index < -0.39 is 23.6 Å². The number of amides is 1. The number of carbonyl (C=O) groups excluding carboxylic acids is 1. The average Bonchev–Trinajstić information content (AvgIpc) is 2.65. The third-order valence-corrected chi connectivity index (χ3v) is 4.14. The number of benzene rings is 1. The summed E-state index contributed by atoms with van der Waals surface area (Å²) in [5.41, 5.74) is -1.13. The van der Waals surface area contributed by atoms with Gasteiger partial charge in [0.2, 0.25) is 5.44 Å². The van der Waals surface area contributed by atoms with Crippen LogP contribution in [0.5, 0.6) is 5.75 Å². The summed E-state index contributed by atoms with van der Waals surface area (Å²) in [6.45, 7) is 0.318. The van der Waals surface area contributed by atoms with Gasteiger partial charge in [0.1, 0.15) is 12.4 Å². The molecule has 0 saturated heterocycles. The Morgan fingerprint density at radius 3 is 2.92 bits per heavy atom. The van der Waals surface area contributed by atoms with E-state index in [4.69, 9.17) is 16.4 Å². The molecule has 1 aromatic heterocycles. The molecule has 2 unspecified atom stereocenters. The summed E-state index contributed by atoms with van der Waals surface area (Å²) < 4.78 is 18.6. The standard InChI is InChI=1S/C18H16FN3O2S/c1-4-12-7-13-8-14(5-6-15(13)21-9-12)24-17(25-3)16(23)22-18(2,10-19)11-20/h1,5-9,17H,10H2,2-3H3,(H,22,23). The van der Waals surface area contributed by atoms with Crippen LogP contribution in [0, 0.1) is 23.7 Å². The average molecular weight is 357 g/mol. The van der Waals surface area contributed by atoms with Gasteiger partial charge in [0.15, 0.2) is 5.54 Å². The quantitative estimate of drug-likeness (QED) is 0.635. The number of fused-ring (bicyclic) bond motifs is 1. The molecular formula is C18H16FN3O2S. The Balaban J connectivity index is 2.21. The molecule has 5 nitrogen and oxygen atoms in total. The van der Waals surface area contributed by atoms with Gasteiger partial charge in [-0.1, -0.05) is 5.92 Å². The first-order valence-electron chi connectivity index (χ1n) is 7.30. The van der Waals surface area contributed by atoms with Crippen molar-refractivity contribution in [1.82, 2.24) is 10.3 Å². The van der Waals surface area contributed by atoms with Crippen LogP contribution in [0.1, 0.15) is 12.5 Å². The highest BCUT2D eigenvalue weighted by Crippen LogP contribution is 2.23. The van der Waals surface area contributed by atoms with Crippen LogP contribution in [-0.4, -0.2) is 34.8 Å². The van der Waals surface area contributed by atoms with Crippen LogP contribution in [0.15, 0.2) is 30.5 Å². The van der Waals surface area contributed by atoms with E-state index in [9.17, 15) is 9.18 Å². The summed E-state index contributed by atoms with van der Waals surface area (Å²) in [6.07, 6.45) is 8.65. The van der Waals surface area contributed by atoms with E-state index in [1.165, 1.54) is 6.92 Å². The highest BCUT2D eigenvalue weighted by molar-refractivity contribution is 7.99. The summed E-state index contributed by atoms with van der Waals surface area (Å²) in [4.78, 5) is 16.5. The van der Waals surface area contributed by atoms with E-state index in [1.54, 1.807) is 42.8 Å². The Bertz CT molecular complexity index is 875. The minimum Gasteiger partial charge on any atom is -0.470 e. The summed E-state index contributed by atoms with van der Waals surface area (Å²) in [6, 6.07) is 8.68. The smallest absolute Gasteiger partial charge is 0.273 e. The van der Waals surface area contributed by atoms with Crippen LogP contribution in [0.4, 0.5) is 4.39 Å². The number of nitrogens with one attached hydrogen (secondary N) is 1. The van der Waals surface area contributed by atoms with Gasteiger partial charge in [0.25, 0.3) is 5.91 Å². The van der Waals surface area contributed by atoms with Crippen molar-refractivity contribution in [2.24, 2.45) is 0 Å². The third-order valence-electron chi connectivity index (χ3n) is 3.40. The van der Waals surface area contributed by atoms with Crippen molar-refractivity contribution in [3.05, 3.63) is 36.0 Å². The molecule has 0 aliphatic rings. The molecule has 0 saturated carbocycles. The number of terminal acetylenes is 1. The molecule has 0 aliphatic carbocycles. The molecule has 0 aliphatic heterocycles. The number of alkyl halides is 1. The number of thioether (sulfide) groups is 1. The second kappa shape index (κ2) is 7.87. The number of aromatic nitrogens is 1. The maximum atomic E-state index is 12.9. The first kappa shape index (κ1) is 18.6. The zero-order valence-corrected chi connectivity index (χ0v) is 14.6. The van der Waals surface area contributed by atoms with Crippen molar-refractivity contribution >= 4 is 28.6 Å². The zero-order valence-electron chi connectivity index (χ0n) is 13.7. The maximum Gasteiger partial charge on any atom is 0.273 e. The molecule has 0 bridgehead atoms. The number of halogens is 1. The van der Waals surface area contributed by atoms with Crippen LogP contribution in [0.2, 0.25) is 0 Å². The van der Waals surface area contributed by atoms with Gasteiger partial charge in [-0.2, -0.15) is 5.26 Å². The molecule has 1 amide bonds. The summed E-state index contributed by atoms with van der Waals surface area (Å²) in [7, 11) is 0. The van der Waals surface area contributed by atoms with Gasteiger partial charge < -0.3 is 10.1 Å². The number of ether oxygens (including phenoxy) is 1. The largest absolute Gasteiger partial charge is 0.470 e. The van der Waals surface area contributed by atoms with Crippen molar-refractivity contribution in [3.8, 4) is 24.2 Å². The van der Waals surface area contributed by atoms with Crippen LogP contribution in [0.25, 0.3) is 10.9 Å². The number of carbonyl (C=O) groups is 1. The maximum absolute atomic E-state index is 12.9. The third kappa shape index (κ3) is 4.40. The van der Waals surface area contributed by atoms with Gasteiger partial charge in [0, 0.05) is 17.1 Å². The van der Waals surface area contributed by atoms with Crippen molar-refractivity contribution in [1.29, 1.82) is 5.26 Å². The highest BCUT2D eigenvalue weighted by Gasteiger charge is 2.30. The van der Waals surface area contributed by atoms with E-state index in [1.807, 2.05) is 0 Å². The molecule has 2 atom stereocenters. The van der Waals surface area contributed by atoms with Gasteiger partial charge in [0.05, 0.1) is 11.6 Å². The van der Waals surface area contributed by atoms with E-state index >= 15 is 0 Å². The molecule has 0 fully saturated rings. The second-order valence-corrected chi connectivity index (χ2v) is 6.37. The molecular weight excluding hydrogens is 341 g/mol.